The first-order chi connectivity index (χ1) is 9.08. The molecule has 1 fully saturated rings. The number of nitrogens with two attached hydrogens (primary N) is 1. The van der Waals surface area contributed by atoms with Crippen LogP contribution in [0.3, 0.4) is 0 Å². The number of amides is 2. The molecule has 1 atom stereocenters. The highest BCUT2D eigenvalue weighted by Gasteiger charge is 2.21. The van der Waals surface area contributed by atoms with Crippen molar-refractivity contribution in [3.63, 3.8) is 0 Å². The molecule has 2 rings (SSSR count). The van der Waals surface area contributed by atoms with Gasteiger partial charge in [-0.05, 0) is 18.2 Å². The van der Waals surface area contributed by atoms with E-state index in [1.807, 2.05) is 0 Å². The van der Waals surface area contributed by atoms with Crippen molar-refractivity contribution in [2.24, 2.45) is 5.73 Å². The molecule has 1 aromatic carbocycles. The standard InChI is InChI=1S/C12H14ClN3O2S/c13-8-2-1-7(11(14)17)5-9(8)16-12(18)10-6-19-4-3-15-10/h1-2,5,10,15H,3-4,6H2,(H2,14,17)(H,16,18). The Bertz CT molecular complexity index is 504. The van der Waals surface area contributed by atoms with E-state index in [1.54, 1.807) is 17.8 Å². The van der Waals surface area contributed by atoms with Crippen molar-refractivity contribution in [2.45, 2.75) is 6.04 Å². The van der Waals surface area contributed by atoms with Crippen LogP contribution in [0.15, 0.2) is 18.2 Å². The Morgan fingerprint density at radius 3 is 2.89 bits per heavy atom. The summed E-state index contributed by atoms with van der Waals surface area (Å²) in [5.74, 6) is 1.01. The fourth-order valence-electron chi connectivity index (χ4n) is 1.73. The number of hydrogen-bond acceptors (Lipinski definition) is 4. The van der Waals surface area contributed by atoms with Crippen molar-refractivity contribution in [1.82, 2.24) is 5.32 Å². The van der Waals surface area contributed by atoms with Crippen molar-refractivity contribution in [2.75, 3.05) is 23.4 Å². The van der Waals surface area contributed by atoms with Gasteiger partial charge in [0.05, 0.1) is 16.8 Å². The maximum absolute atomic E-state index is 12.0. The zero-order valence-corrected chi connectivity index (χ0v) is 11.7. The summed E-state index contributed by atoms with van der Waals surface area (Å²) < 4.78 is 0. The first-order valence-electron chi connectivity index (χ1n) is 5.79. The molecule has 1 aliphatic heterocycles. The number of primary amides is 1. The molecule has 102 valence electrons. The molecule has 1 saturated heterocycles. The van der Waals surface area contributed by atoms with Gasteiger partial charge in [0.15, 0.2) is 0 Å². The van der Waals surface area contributed by atoms with Crippen molar-refractivity contribution < 1.29 is 9.59 Å². The van der Waals surface area contributed by atoms with E-state index < -0.39 is 5.91 Å². The van der Waals surface area contributed by atoms with Crippen LogP contribution < -0.4 is 16.4 Å². The highest BCUT2D eigenvalue weighted by molar-refractivity contribution is 7.99. The smallest absolute Gasteiger partial charge is 0.248 e. The second-order valence-corrected chi connectivity index (χ2v) is 5.69. The molecule has 0 bridgehead atoms. The van der Waals surface area contributed by atoms with Crippen LogP contribution in [0.25, 0.3) is 0 Å². The number of carbonyl (C=O) groups excluding carboxylic acids is 2. The third-order valence-corrected chi connectivity index (χ3v) is 4.14. The van der Waals surface area contributed by atoms with Gasteiger partial charge in [0.2, 0.25) is 11.8 Å². The molecule has 0 saturated carbocycles. The van der Waals surface area contributed by atoms with Gasteiger partial charge in [-0.2, -0.15) is 11.8 Å². The topological polar surface area (TPSA) is 84.2 Å². The Hall–Kier alpha value is -1.24. The number of carbonyl (C=O) groups is 2. The predicted molar refractivity (Wildman–Crippen MR) is 77.7 cm³/mol. The van der Waals surface area contributed by atoms with E-state index in [4.69, 9.17) is 17.3 Å². The van der Waals surface area contributed by atoms with Gasteiger partial charge in [-0.1, -0.05) is 11.6 Å². The second kappa shape index (κ2) is 6.27. The second-order valence-electron chi connectivity index (χ2n) is 4.13. The Balaban J connectivity index is 2.11. The van der Waals surface area contributed by atoms with Gasteiger partial charge < -0.3 is 16.4 Å². The molecule has 7 heteroatoms. The van der Waals surface area contributed by atoms with Crippen LogP contribution in [-0.2, 0) is 4.79 Å². The number of halogens is 1. The van der Waals surface area contributed by atoms with Crippen LogP contribution in [0.5, 0.6) is 0 Å². The van der Waals surface area contributed by atoms with Crippen LogP contribution in [0, 0.1) is 0 Å². The maximum atomic E-state index is 12.0. The molecular formula is C12H14ClN3O2S. The summed E-state index contributed by atoms with van der Waals surface area (Å²) in [6.07, 6.45) is 0. The number of rotatable bonds is 3. The fraction of sp³-hybridized carbons (Fsp3) is 0.333. The average Bonchev–Trinajstić information content (AvgIpc) is 2.42. The number of nitrogens with one attached hydrogen (secondary N) is 2. The zero-order chi connectivity index (χ0) is 13.8. The number of benzene rings is 1. The Labute approximate surface area is 120 Å². The van der Waals surface area contributed by atoms with Crippen molar-refractivity contribution >= 4 is 40.9 Å². The lowest BCUT2D eigenvalue weighted by atomic mass is 10.2. The molecule has 1 heterocycles. The summed E-state index contributed by atoms with van der Waals surface area (Å²) >= 11 is 7.72. The minimum Gasteiger partial charge on any atom is -0.366 e. The van der Waals surface area contributed by atoms with E-state index in [2.05, 4.69) is 10.6 Å². The van der Waals surface area contributed by atoms with E-state index >= 15 is 0 Å². The SMILES string of the molecule is NC(=O)c1ccc(Cl)c(NC(=O)C2CSCCN2)c1. The molecule has 4 N–H and O–H groups in total. The van der Waals surface area contributed by atoms with Crippen molar-refractivity contribution in [3.05, 3.63) is 28.8 Å². The molecule has 0 spiro atoms. The highest BCUT2D eigenvalue weighted by Crippen LogP contribution is 2.23. The molecular weight excluding hydrogens is 286 g/mol. The van der Waals surface area contributed by atoms with Crippen LogP contribution in [0.1, 0.15) is 10.4 Å². The molecule has 1 aliphatic rings. The summed E-state index contributed by atoms with van der Waals surface area (Å²) in [5, 5.41) is 6.23. The minimum atomic E-state index is -0.557. The largest absolute Gasteiger partial charge is 0.366 e. The third kappa shape index (κ3) is 3.62. The third-order valence-electron chi connectivity index (χ3n) is 2.75. The monoisotopic (exact) mass is 299 g/mol. The molecule has 19 heavy (non-hydrogen) atoms. The van der Waals surface area contributed by atoms with E-state index in [-0.39, 0.29) is 11.9 Å². The predicted octanol–water partition coefficient (Wildman–Crippen LogP) is 1.08. The lowest BCUT2D eigenvalue weighted by molar-refractivity contribution is -0.117. The Kier molecular flexibility index (Phi) is 4.68. The maximum Gasteiger partial charge on any atom is 0.248 e. The van der Waals surface area contributed by atoms with E-state index in [0.29, 0.717) is 16.3 Å². The van der Waals surface area contributed by atoms with E-state index in [0.717, 1.165) is 18.1 Å². The van der Waals surface area contributed by atoms with Gasteiger partial charge in [-0.15, -0.1) is 0 Å². The summed E-state index contributed by atoms with van der Waals surface area (Å²) in [6, 6.07) is 4.31. The Morgan fingerprint density at radius 2 is 2.26 bits per heavy atom. The van der Waals surface area contributed by atoms with Crippen LogP contribution in [0.2, 0.25) is 5.02 Å². The normalized spacial score (nSPS) is 18.9. The number of thioether (sulfide) groups is 1. The zero-order valence-electron chi connectivity index (χ0n) is 10.1. The minimum absolute atomic E-state index is 0.157. The molecule has 1 unspecified atom stereocenters. The summed E-state index contributed by atoms with van der Waals surface area (Å²) in [6.45, 7) is 0.803. The average molecular weight is 300 g/mol. The number of anilines is 1. The van der Waals surface area contributed by atoms with E-state index in [1.165, 1.54) is 12.1 Å². The molecule has 5 nitrogen and oxygen atoms in total. The van der Waals surface area contributed by atoms with Crippen LogP contribution in [0.4, 0.5) is 5.69 Å². The Morgan fingerprint density at radius 1 is 1.47 bits per heavy atom. The molecule has 0 aliphatic carbocycles. The van der Waals surface area contributed by atoms with Gasteiger partial charge in [-0.25, -0.2) is 0 Å². The lowest BCUT2D eigenvalue weighted by Gasteiger charge is -2.22. The van der Waals surface area contributed by atoms with Crippen molar-refractivity contribution in [3.8, 4) is 0 Å². The molecule has 1 aromatic rings. The molecule has 0 aromatic heterocycles. The molecule has 2 amide bonds. The summed E-state index contributed by atoms with van der Waals surface area (Å²) in [4.78, 5) is 23.1. The van der Waals surface area contributed by atoms with Gasteiger partial charge >= 0.3 is 0 Å². The van der Waals surface area contributed by atoms with Crippen molar-refractivity contribution in [1.29, 1.82) is 0 Å². The molecule has 0 radical (unpaired) electrons. The van der Waals surface area contributed by atoms with E-state index in [9.17, 15) is 9.59 Å². The van der Waals surface area contributed by atoms with Crippen LogP contribution >= 0.6 is 23.4 Å². The van der Waals surface area contributed by atoms with Crippen LogP contribution in [-0.4, -0.2) is 35.9 Å². The fourth-order valence-corrected chi connectivity index (χ4v) is 2.83. The van der Waals surface area contributed by atoms with Gasteiger partial charge in [0, 0.05) is 23.6 Å². The number of hydrogen-bond donors (Lipinski definition) is 3. The lowest BCUT2D eigenvalue weighted by Crippen LogP contribution is -2.46. The first-order valence-corrected chi connectivity index (χ1v) is 7.32. The highest BCUT2D eigenvalue weighted by atomic mass is 35.5. The first kappa shape index (κ1) is 14.2. The quantitative estimate of drug-likeness (QED) is 0.780. The van der Waals surface area contributed by atoms with Gasteiger partial charge in [0.1, 0.15) is 0 Å². The van der Waals surface area contributed by atoms with Gasteiger partial charge in [-0.3, -0.25) is 9.59 Å². The summed E-state index contributed by atoms with van der Waals surface area (Å²) in [7, 11) is 0. The van der Waals surface area contributed by atoms with Gasteiger partial charge in [0.25, 0.3) is 0 Å². The summed E-state index contributed by atoms with van der Waals surface area (Å²) in [5.41, 5.74) is 5.91.